The molecule has 6 nitrogen and oxygen atoms in total. The third-order valence-electron chi connectivity index (χ3n) is 3.58. The fourth-order valence-electron chi connectivity index (χ4n) is 2.64. The summed E-state index contributed by atoms with van der Waals surface area (Å²) in [6, 6.07) is 0.0943. The number of halogens is 2. The molecule has 1 saturated heterocycles. The molecule has 3 rings (SSSR count). The van der Waals surface area contributed by atoms with E-state index in [1.54, 1.807) is 0 Å². The van der Waals surface area contributed by atoms with E-state index in [0.29, 0.717) is 18.2 Å². The van der Waals surface area contributed by atoms with Gasteiger partial charge in [-0.25, -0.2) is 14.8 Å². The monoisotopic (exact) mass is 406 g/mol. The van der Waals surface area contributed by atoms with E-state index < -0.39 is 6.09 Å². The van der Waals surface area contributed by atoms with Gasteiger partial charge in [0.15, 0.2) is 0 Å². The van der Waals surface area contributed by atoms with Crippen molar-refractivity contribution in [3.63, 3.8) is 0 Å². The summed E-state index contributed by atoms with van der Waals surface area (Å²) in [6.07, 6.45) is 4.34. The van der Waals surface area contributed by atoms with Gasteiger partial charge in [-0.2, -0.15) is 0 Å². The number of amides is 1. The Bertz CT molecular complexity index is 675. The molecule has 8 heteroatoms. The lowest BCUT2D eigenvalue weighted by atomic mass is 10.1. The number of rotatable bonds is 1. The highest BCUT2D eigenvalue weighted by atomic mass is 127. The molecule has 0 aromatic carbocycles. The molecule has 0 saturated carbocycles. The van der Waals surface area contributed by atoms with Crippen LogP contribution in [0.1, 0.15) is 18.9 Å². The fourth-order valence-corrected chi connectivity index (χ4v) is 3.82. The fraction of sp³-hybridized carbons (Fsp3) is 0.417. The van der Waals surface area contributed by atoms with Crippen molar-refractivity contribution < 1.29 is 9.90 Å². The summed E-state index contributed by atoms with van der Waals surface area (Å²) in [6.45, 7) is 1.08. The van der Waals surface area contributed by atoms with Gasteiger partial charge in [0.05, 0.1) is 11.4 Å². The summed E-state index contributed by atoms with van der Waals surface area (Å²) < 4.78 is 3.01. The van der Waals surface area contributed by atoms with Crippen LogP contribution in [0.25, 0.3) is 11.0 Å². The van der Waals surface area contributed by atoms with E-state index in [2.05, 4.69) is 32.6 Å². The van der Waals surface area contributed by atoms with Crippen LogP contribution in [0.4, 0.5) is 4.79 Å². The first-order valence-corrected chi connectivity index (χ1v) is 7.68. The second kappa shape index (κ2) is 5.36. The Hall–Kier alpha value is -1.09. The van der Waals surface area contributed by atoms with E-state index >= 15 is 0 Å². The third-order valence-corrected chi connectivity index (χ3v) is 4.68. The lowest BCUT2D eigenvalue weighted by molar-refractivity contribution is 0.122. The van der Waals surface area contributed by atoms with Crippen LogP contribution < -0.4 is 0 Å². The van der Waals surface area contributed by atoms with Crippen LogP contribution >= 0.6 is 34.2 Å². The van der Waals surface area contributed by atoms with Gasteiger partial charge >= 0.3 is 6.09 Å². The molecule has 1 aliphatic rings. The number of likely N-dealkylation sites (tertiary alicyclic amines) is 1. The van der Waals surface area contributed by atoms with E-state index in [1.807, 2.05) is 10.8 Å². The number of hydrogen-bond acceptors (Lipinski definition) is 3. The largest absolute Gasteiger partial charge is 0.465 e. The molecule has 0 bridgehead atoms. The summed E-state index contributed by atoms with van der Waals surface area (Å²) in [5.74, 6) is 0. The van der Waals surface area contributed by atoms with Crippen LogP contribution in [-0.4, -0.2) is 43.7 Å². The number of nitrogens with zero attached hydrogens (tertiary/aromatic N) is 4. The normalized spacial score (nSPS) is 19.5. The molecular weight excluding hydrogens is 395 g/mol. The van der Waals surface area contributed by atoms with Gasteiger partial charge in [0, 0.05) is 22.9 Å². The topological polar surface area (TPSA) is 71.2 Å². The number of aromatic nitrogens is 3. The first kappa shape index (κ1) is 13.9. The number of piperidine rings is 1. The van der Waals surface area contributed by atoms with Crippen LogP contribution in [0.2, 0.25) is 5.15 Å². The summed E-state index contributed by atoms with van der Waals surface area (Å²) in [4.78, 5) is 20.9. The molecule has 3 heterocycles. The number of carboxylic acid groups (broad SMARTS) is 1. The Morgan fingerprint density at radius 2 is 2.30 bits per heavy atom. The van der Waals surface area contributed by atoms with Crippen LogP contribution in [0, 0.1) is 3.57 Å². The molecule has 1 atom stereocenters. The van der Waals surface area contributed by atoms with Gasteiger partial charge in [-0.05, 0) is 35.4 Å². The van der Waals surface area contributed by atoms with Crippen molar-refractivity contribution in [2.45, 2.75) is 18.9 Å². The van der Waals surface area contributed by atoms with E-state index in [4.69, 9.17) is 16.7 Å². The van der Waals surface area contributed by atoms with Gasteiger partial charge in [-0.1, -0.05) is 11.6 Å². The highest BCUT2D eigenvalue weighted by Crippen LogP contribution is 2.31. The summed E-state index contributed by atoms with van der Waals surface area (Å²) in [5.41, 5.74) is 0.770. The molecule has 1 aliphatic heterocycles. The van der Waals surface area contributed by atoms with Gasteiger partial charge in [-0.3, -0.25) is 0 Å². The zero-order valence-corrected chi connectivity index (χ0v) is 13.4. The van der Waals surface area contributed by atoms with Crippen LogP contribution in [0.5, 0.6) is 0 Å². The molecule has 1 unspecified atom stereocenters. The van der Waals surface area contributed by atoms with Crippen LogP contribution in [0.3, 0.4) is 0 Å². The van der Waals surface area contributed by atoms with Gasteiger partial charge < -0.3 is 14.6 Å². The van der Waals surface area contributed by atoms with Crippen molar-refractivity contribution in [3.05, 3.63) is 21.2 Å². The van der Waals surface area contributed by atoms with Crippen molar-refractivity contribution in [1.29, 1.82) is 0 Å². The minimum Gasteiger partial charge on any atom is -0.465 e. The predicted octanol–water partition coefficient (Wildman–Crippen LogP) is 3.00. The van der Waals surface area contributed by atoms with E-state index in [9.17, 15) is 4.79 Å². The Kier molecular flexibility index (Phi) is 3.72. The Balaban J connectivity index is 2.02. The lowest BCUT2D eigenvalue weighted by Crippen LogP contribution is -2.39. The standard InChI is InChI=1S/C12H12ClIN4O2/c13-10-9-8(14)5-18(11(9)16-6-15-10)7-2-1-3-17(4-7)12(19)20/h5-7H,1-4H2,(H,19,20). The molecule has 0 aliphatic carbocycles. The number of carbonyl (C=O) groups is 1. The number of hydrogen-bond donors (Lipinski definition) is 1. The first-order chi connectivity index (χ1) is 9.58. The third kappa shape index (κ3) is 2.32. The van der Waals surface area contributed by atoms with Crippen molar-refractivity contribution >= 4 is 51.3 Å². The SMILES string of the molecule is O=C(O)N1CCCC(n2cc(I)c3c(Cl)ncnc32)C1. The molecule has 0 radical (unpaired) electrons. The highest BCUT2D eigenvalue weighted by molar-refractivity contribution is 14.1. The second-order valence-corrected chi connectivity index (χ2v) is 6.29. The second-order valence-electron chi connectivity index (χ2n) is 4.77. The summed E-state index contributed by atoms with van der Waals surface area (Å²) in [5, 5.41) is 10.4. The average Bonchev–Trinajstić information content (AvgIpc) is 2.78. The van der Waals surface area contributed by atoms with Crippen molar-refractivity contribution in [3.8, 4) is 0 Å². The quantitative estimate of drug-likeness (QED) is 0.584. The number of fused-ring (bicyclic) bond motifs is 1. The Morgan fingerprint density at radius 3 is 3.05 bits per heavy atom. The minimum absolute atomic E-state index is 0.0943. The lowest BCUT2D eigenvalue weighted by Gasteiger charge is -2.31. The van der Waals surface area contributed by atoms with E-state index in [1.165, 1.54) is 11.2 Å². The van der Waals surface area contributed by atoms with Crippen molar-refractivity contribution in [2.75, 3.05) is 13.1 Å². The van der Waals surface area contributed by atoms with Gasteiger partial charge in [0.25, 0.3) is 0 Å². The zero-order valence-electron chi connectivity index (χ0n) is 10.5. The zero-order chi connectivity index (χ0) is 14.3. The van der Waals surface area contributed by atoms with E-state index in [-0.39, 0.29) is 6.04 Å². The average molecular weight is 407 g/mol. The maximum atomic E-state index is 11.1. The van der Waals surface area contributed by atoms with Gasteiger partial charge in [-0.15, -0.1) is 0 Å². The van der Waals surface area contributed by atoms with Crippen LogP contribution in [0.15, 0.2) is 12.5 Å². The molecule has 1 fully saturated rings. The molecular formula is C12H12ClIN4O2. The van der Waals surface area contributed by atoms with E-state index in [0.717, 1.165) is 27.4 Å². The molecule has 106 valence electrons. The first-order valence-electron chi connectivity index (χ1n) is 6.22. The van der Waals surface area contributed by atoms with Gasteiger partial charge in [0.2, 0.25) is 0 Å². The molecule has 1 amide bonds. The Labute approximate surface area is 133 Å². The van der Waals surface area contributed by atoms with Gasteiger partial charge in [0.1, 0.15) is 17.1 Å². The molecule has 0 spiro atoms. The Morgan fingerprint density at radius 1 is 1.50 bits per heavy atom. The summed E-state index contributed by atoms with van der Waals surface area (Å²) in [7, 11) is 0. The molecule has 2 aromatic rings. The predicted molar refractivity (Wildman–Crippen MR) is 83.1 cm³/mol. The minimum atomic E-state index is -0.867. The molecule has 2 aromatic heterocycles. The molecule has 1 N–H and O–H groups in total. The maximum absolute atomic E-state index is 11.1. The maximum Gasteiger partial charge on any atom is 0.407 e. The van der Waals surface area contributed by atoms with Crippen molar-refractivity contribution in [1.82, 2.24) is 19.4 Å². The highest BCUT2D eigenvalue weighted by Gasteiger charge is 2.26. The molecule has 20 heavy (non-hydrogen) atoms. The van der Waals surface area contributed by atoms with Crippen LogP contribution in [-0.2, 0) is 0 Å². The summed E-state index contributed by atoms with van der Waals surface area (Å²) >= 11 is 8.32. The van der Waals surface area contributed by atoms with Crippen molar-refractivity contribution in [2.24, 2.45) is 0 Å². The smallest absolute Gasteiger partial charge is 0.407 e.